The summed E-state index contributed by atoms with van der Waals surface area (Å²) < 4.78 is 16.7. The smallest absolute Gasteiger partial charge is 0.330 e. The normalized spacial score (nSPS) is 30.5. The molecule has 2 fully saturated rings. The third-order valence-electron chi connectivity index (χ3n) is 7.09. The predicted molar refractivity (Wildman–Crippen MR) is 129 cm³/mol. The van der Waals surface area contributed by atoms with Crippen molar-refractivity contribution in [3.05, 3.63) is 11.6 Å². The molecule has 0 radical (unpaired) electrons. The molecular formula is C26H44O9. The molecule has 2 heterocycles. The maximum atomic E-state index is 12.1. The van der Waals surface area contributed by atoms with Crippen LogP contribution >= 0.6 is 0 Å². The molecule has 0 bridgehead atoms. The first-order valence-electron chi connectivity index (χ1n) is 13.0. The number of esters is 1. The second-order valence-electron chi connectivity index (χ2n) is 10.2. The number of aliphatic hydroxyl groups excluding tert-OH is 3. The maximum Gasteiger partial charge on any atom is 0.330 e. The fourth-order valence-corrected chi connectivity index (χ4v) is 4.59. The third-order valence-corrected chi connectivity index (χ3v) is 7.09. The van der Waals surface area contributed by atoms with Crippen molar-refractivity contribution >= 4 is 11.9 Å². The second kappa shape index (κ2) is 14.9. The number of carboxylic acid groups (broad SMARTS) is 1. The number of aliphatic carboxylic acids is 1. The third kappa shape index (κ3) is 10.6. The van der Waals surface area contributed by atoms with Gasteiger partial charge >= 0.3 is 11.9 Å². The standard InChI is InChI=1S/C26H44O9/c1-16(13-23(30)33-11-9-7-5-4-6-8-10-22(28)29)12-20-25(32)24(31)19(15-34-20)14-21-26(35-21)17(2)18(3)27/h13,17-21,24-27,31-32H,4-12,14-15H2,1-3H3,(H,28,29)/b16-13-/t17-,18+,19+,20+,21-,24+,25-,26+/m0/s1. The van der Waals surface area contributed by atoms with Gasteiger partial charge in [0, 0.05) is 24.3 Å². The molecule has 9 heteroatoms. The highest BCUT2D eigenvalue weighted by Crippen LogP contribution is 2.38. The van der Waals surface area contributed by atoms with Crippen molar-refractivity contribution in [3.8, 4) is 0 Å². The maximum absolute atomic E-state index is 12.1. The van der Waals surface area contributed by atoms with Gasteiger partial charge in [-0.2, -0.15) is 0 Å². The van der Waals surface area contributed by atoms with E-state index in [0.717, 1.165) is 32.1 Å². The van der Waals surface area contributed by atoms with Crippen LogP contribution in [0.1, 0.15) is 78.6 Å². The zero-order valence-corrected chi connectivity index (χ0v) is 21.3. The molecule has 2 rings (SSSR count). The lowest BCUT2D eigenvalue weighted by Gasteiger charge is -2.38. The van der Waals surface area contributed by atoms with Gasteiger partial charge in [-0.3, -0.25) is 4.79 Å². The second-order valence-corrected chi connectivity index (χ2v) is 10.2. The van der Waals surface area contributed by atoms with Gasteiger partial charge in [-0.15, -0.1) is 0 Å². The number of aliphatic hydroxyl groups is 3. The van der Waals surface area contributed by atoms with Crippen molar-refractivity contribution in [1.82, 2.24) is 0 Å². The highest BCUT2D eigenvalue weighted by atomic mass is 16.6. The summed E-state index contributed by atoms with van der Waals surface area (Å²) in [4.78, 5) is 22.5. The summed E-state index contributed by atoms with van der Waals surface area (Å²) in [6.07, 6.45) is 4.61. The summed E-state index contributed by atoms with van der Waals surface area (Å²) in [7, 11) is 0. The fraction of sp³-hybridized carbons (Fsp3) is 0.846. The Hall–Kier alpha value is -1.52. The first-order valence-corrected chi connectivity index (χ1v) is 13.0. The van der Waals surface area contributed by atoms with E-state index >= 15 is 0 Å². The van der Waals surface area contributed by atoms with Crippen LogP contribution in [0.3, 0.4) is 0 Å². The molecule has 35 heavy (non-hydrogen) atoms. The summed E-state index contributed by atoms with van der Waals surface area (Å²) in [6.45, 7) is 6.07. The van der Waals surface area contributed by atoms with Gasteiger partial charge in [-0.1, -0.05) is 38.2 Å². The fourth-order valence-electron chi connectivity index (χ4n) is 4.59. The molecule has 202 valence electrons. The zero-order valence-electron chi connectivity index (χ0n) is 21.3. The summed E-state index contributed by atoms with van der Waals surface area (Å²) in [5, 5.41) is 39.5. The van der Waals surface area contributed by atoms with Crippen molar-refractivity contribution < 1.29 is 44.2 Å². The van der Waals surface area contributed by atoms with Crippen molar-refractivity contribution in [1.29, 1.82) is 0 Å². The summed E-state index contributed by atoms with van der Waals surface area (Å²) in [6, 6.07) is 0. The van der Waals surface area contributed by atoms with Gasteiger partial charge in [0.15, 0.2) is 0 Å². The SMILES string of the molecule is C/C(=C/C(=O)OCCCCCCCCC(=O)O)C[C@H]1OC[C@@H](C[C@@H]2O[C@@H]2[C@@H](C)[C@@H](C)O)[C@@H](O)[C@H]1O. The van der Waals surface area contributed by atoms with Gasteiger partial charge in [0.1, 0.15) is 6.10 Å². The van der Waals surface area contributed by atoms with Gasteiger partial charge in [-0.05, 0) is 39.5 Å². The van der Waals surface area contributed by atoms with Gasteiger partial charge < -0.3 is 34.6 Å². The van der Waals surface area contributed by atoms with Gasteiger partial charge in [-0.25, -0.2) is 4.79 Å². The van der Waals surface area contributed by atoms with E-state index in [1.54, 1.807) is 13.8 Å². The number of ether oxygens (including phenoxy) is 3. The molecule has 0 aromatic rings. The van der Waals surface area contributed by atoms with Crippen LogP contribution < -0.4 is 0 Å². The Balaban J connectivity index is 1.62. The molecule has 2 saturated heterocycles. The van der Waals surface area contributed by atoms with Crippen molar-refractivity contribution in [2.45, 2.75) is 115 Å². The Morgan fingerprint density at radius 3 is 2.34 bits per heavy atom. The monoisotopic (exact) mass is 500 g/mol. The molecule has 0 aromatic carbocycles. The lowest BCUT2D eigenvalue weighted by molar-refractivity contribution is -0.165. The largest absolute Gasteiger partial charge is 0.481 e. The number of carbonyl (C=O) groups is 2. The van der Waals surface area contributed by atoms with E-state index in [2.05, 4.69) is 0 Å². The molecule has 4 N–H and O–H groups in total. The van der Waals surface area contributed by atoms with E-state index in [1.165, 1.54) is 6.08 Å². The molecule has 2 aliphatic rings. The lowest BCUT2D eigenvalue weighted by atomic mass is 9.85. The van der Waals surface area contributed by atoms with E-state index in [1.807, 2.05) is 6.92 Å². The average molecular weight is 501 g/mol. The highest BCUT2D eigenvalue weighted by molar-refractivity contribution is 5.82. The lowest BCUT2D eigenvalue weighted by Crippen LogP contribution is -2.50. The molecule has 0 saturated carbocycles. The Bertz CT molecular complexity index is 692. The van der Waals surface area contributed by atoms with Crippen LogP contribution in [0, 0.1) is 11.8 Å². The summed E-state index contributed by atoms with van der Waals surface area (Å²) >= 11 is 0. The average Bonchev–Trinajstić information content (AvgIpc) is 3.55. The molecule has 0 spiro atoms. The van der Waals surface area contributed by atoms with E-state index < -0.39 is 36.4 Å². The Morgan fingerprint density at radius 1 is 1.03 bits per heavy atom. The number of rotatable bonds is 16. The van der Waals surface area contributed by atoms with Crippen LogP contribution in [-0.2, 0) is 23.8 Å². The minimum absolute atomic E-state index is 0.0160. The molecule has 0 aliphatic carbocycles. The molecule has 2 aliphatic heterocycles. The first kappa shape index (κ1) is 29.7. The first-order chi connectivity index (χ1) is 16.6. The van der Waals surface area contributed by atoms with E-state index in [0.29, 0.717) is 38.0 Å². The number of carboxylic acids is 1. The number of carbonyl (C=O) groups excluding carboxylic acids is 1. The van der Waals surface area contributed by atoms with Crippen molar-refractivity contribution in [2.24, 2.45) is 11.8 Å². The van der Waals surface area contributed by atoms with Crippen LogP contribution in [0.5, 0.6) is 0 Å². The summed E-state index contributed by atoms with van der Waals surface area (Å²) in [5.41, 5.74) is 0.708. The molecular weight excluding hydrogens is 456 g/mol. The van der Waals surface area contributed by atoms with E-state index in [9.17, 15) is 24.9 Å². The van der Waals surface area contributed by atoms with Gasteiger partial charge in [0.2, 0.25) is 0 Å². The highest BCUT2D eigenvalue weighted by Gasteiger charge is 2.48. The number of unbranched alkanes of at least 4 members (excludes halogenated alkanes) is 5. The Labute approximate surface area is 208 Å². The molecule has 0 aromatic heterocycles. The quantitative estimate of drug-likeness (QED) is 0.109. The van der Waals surface area contributed by atoms with Crippen LogP contribution in [0.4, 0.5) is 0 Å². The molecule has 0 amide bonds. The van der Waals surface area contributed by atoms with Crippen LogP contribution in [-0.4, -0.2) is 82.2 Å². The summed E-state index contributed by atoms with van der Waals surface area (Å²) in [5.74, 6) is -1.42. The zero-order chi connectivity index (χ0) is 26.0. The molecule has 9 nitrogen and oxygen atoms in total. The van der Waals surface area contributed by atoms with Crippen molar-refractivity contribution in [3.63, 3.8) is 0 Å². The number of epoxide rings is 1. The molecule has 0 unspecified atom stereocenters. The van der Waals surface area contributed by atoms with Gasteiger partial charge in [0.25, 0.3) is 0 Å². The van der Waals surface area contributed by atoms with Crippen LogP contribution in [0.25, 0.3) is 0 Å². The Morgan fingerprint density at radius 2 is 1.69 bits per heavy atom. The number of hydrogen-bond acceptors (Lipinski definition) is 8. The predicted octanol–water partition coefficient (Wildman–Crippen LogP) is 2.59. The van der Waals surface area contributed by atoms with E-state index in [-0.39, 0.29) is 30.5 Å². The topological polar surface area (TPSA) is 146 Å². The van der Waals surface area contributed by atoms with Crippen LogP contribution in [0.15, 0.2) is 11.6 Å². The molecule has 8 atom stereocenters. The van der Waals surface area contributed by atoms with Gasteiger partial charge in [0.05, 0.1) is 43.7 Å². The van der Waals surface area contributed by atoms with E-state index in [4.69, 9.17) is 19.3 Å². The minimum atomic E-state index is -1.06. The van der Waals surface area contributed by atoms with Crippen LogP contribution in [0.2, 0.25) is 0 Å². The van der Waals surface area contributed by atoms with Crippen molar-refractivity contribution in [2.75, 3.05) is 13.2 Å². The minimum Gasteiger partial charge on any atom is -0.481 e. The Kier molecular flexibility index (Phi) is 12.6. The number of hydrogen-bond donors (Lipinski definition) is 4.